The Morgan fingerprint density at radius 2 is 2.29 bits per heavy atom. The van der Waals surface area contributed by atoms with Crippen molar-refractivity contribution in [2.75, 3.05) is 19.0 Å². The average Bonchev–Trinajstić information content (AvgIpc) is 2.26. The highest BCUT2D eigenvalue weighted by atomic mass is 16.5. The number of aliphatic carboxylic acids is 1. The zero-order valence-corrected chi connectivity index (χ0v) is 9.02. The predicted octanol–water partition coefficient (Wildman–Crippen LogP) is -1.64. The molecule has 0 saturated heterocycles. The van der Waals surface area contributed by atoms with Crippen LogP contribution in [0.2, 0.25) is 0 Å². The summed E-state index contributed by atoms with van der Waals surface area (Å²) in [6, 6.07) is -1.02. The van der Waals surface area contributed by atoms with Crippen LogP contribution in [0.15, 0.2) is 9.59 Å². The van der Waals surface area contributed by atoms with Crippen molar-refractivity contribution < 1.29 is 14.6 Å². The van der Waals surface area contributed by atoms with Crippen molar-refractivity contribution in [2.45, 2.75) is 12.5 Å². The normalized spacial score (nSPS) is 12.1. The van der Waals surface area contributed by atoms with E-state index in [1.807, 2.05) is 10.1 Å². The maximum absolute atomic E-state index is 11.2. The zero-order chi connectivity index (χ0) is 12.8. The lowest BCUT2D eigenvalue weighted by molar-refractivity contribution is -0.138. The second kappa shape index (κ2) is 5.80. The molecule has 94 valence electrons. The molecular weight excluding hydrogens is 232 g/mol. The van der Waals surface area contributed by atoms with E-state index < -0.39 is 23.3 Å². The van der Waals surface area contributed by atoms with Gasteiger partial charge in [-0.1, -0.05) is 0 Å². The number of carboxylic acids is 1. The largest absolute Gasteiger partial charge is 0.480 e. The molecule has 1 atom stereocenters. The quantitative estimate of drug-likeness (QED) is 0.471. The Bertz CT molecular complexity index is 493. The van der Waals surface area contributed by atoms with Crippen LogP contribution in [-0.2, 0) is 9.53 Å². The molecule has 0 spiro atoms. The van der Waals surface area contributed by atoms with Gasteiger partial charge in [0.1, 0.15) is 6.04 Å². The molecule has 4 N–H and O–H groups in total. The summed E-state index contributed by atoms with van der Waals surface area (Å²) >= 11 is 0. The maximum atomic E-state index is 11.2. The summed E-state index contributed by atoms with van der Waals surface area (Å²) in [4.78, 5) is 34.7. The van der Waals surface area contributed by atoms with Crippen LogP contribution in [0.4, 0.5) is 5.82 Å². The molecule has 9 nitrogen and oxygen atoms in total. The summed E-state index contributed by atoms with van der Waals surface area (Å²) in [5.74, 6) is -1.40. The number of ether oxygens (including phenoxy) is 1. The highest BCUT2D eigenvalue weighted by Crippen LogP contribution is 2.00. The molecule has 0 saturated carbocycles. The standard InChI is InChI=1S/C8H12N4O5/c1-17-3-2-4(7(14)15)9-5-6(13)10-8(16)12-11-5/h4H,2-3H2,1H3,(H,9,11)(H,14,15)(H2,10,12,13,16). The van der Waals surface area contributed by atoms with E-state index in [0.29, 0.717) is 0 Å². The van der Waals surface area contributed by atoms with E-state index in [1.54, 1.807) is 0 Å². The van der Waals surface area contributed by atoms with E-state index in [9.17, 15) is 14.4 Å². The van der Waals surface area contributed by atoms with Gasteiger partial charge >= 0.3 is 11.7 Å². The SMILES string of the molecule is COCCC(Nc1n[nH]c(=O)[nH]c1=O)C(=O)O. The lowest BCUT2D eigenvalue weighted by atomic mass is 10.2. The minimum atomic E-state index is -1.14. The number of aromatic amines is 2. The minimum Gasteiger partial charge on any atom is -0.480 e. The van der Waals surface area contributed by atoms with Crippen LogP contribution in [0.1, 0.15) is 6.42 Å². The van der Waals surface area contributed by atoms with Crippen molar-refractivity contribution in [3.8, 4) is 0 Å². The molecule has 9 heteroatoms. The van der Waals surface area contributed by atoms with Crippen LogP contribution in [0.25, 0.3) is 0 Å². The number of methoxy groups -OCH3 is 1. The lowest BCUT2D eigenvalue weighted by Crippen LogP contribution is -2.35. The number of hydrogen-bond acceptors (Lipinski definition) is 6. The van der Waals surface area contributed by atoms with Crippen LogP contribution in [-0.4, -0.2) is 46.0 Å². The molecule has 0 radical (unpaired) electrons. The summed E-state index contributed by atoms with van der Waals surface area (Å²) in [7, 11) is 1.43. The topological polar surface area (TPSA) is 137 Å². The Labute approximate surface area is 94.8 Å². The zero-order valence-electron chi connectivity index (χ0n) is 9.02. The number of rotatable bonds is 6. The van der Waals surface area contributed by atoms with Crippen LogP contribution in [0.5, 0.6) is 0 Å². The molecule has 0 bridgehead atoms. The maximum Gasteiger partial charge on any atom is 0.342 e. The van der Waals surface area contributed by atoms with E-state index in [1.165, 1.54) is 7.11 Å². The first-order valence-electron chi connectivity index (χ1n) is 4.72. The average molecular weight is 244 g/mol. The highest BCUT2D eigenvalue weighted by Gasteiger charge is 2.18. The highest BCUT2D eigenvalue weighted by molar-refractivity contribution is 5.76. The van der Waals surface area contributed by atoms with E-state index >= 15 is 0 Å². The second-order valence-corrected chi connectivity index (χ2v) is 3.17. The van der Waals surface area contributed by atoms with Gasteiger partial charge in [0.05, 0.1) is 0 Å². The van der Waals surface area contributed by atoms with E-state index in [0.717, 1.165) is 0 Å². The van der Waals surface area contributed by atoms with Crippen molar-refractivity contribution in [2.24, 2.45) is 0 Å². The molecule has 0 aliphatic carbocycles. The van der Waals surface area contributed by atoms with Gasteiger partial charge in [-0.2, -0.15) is 0 Å². The van der Waals surface area contributed by atoms with Gasteiger partial charge in [-0.3, -0.25) is 9.78 Å². The minimum absolute atomic E-state index is 0.159. The van der Waals surface area contributed by atoms with Crippen molar-refractivity contribution in [3.05, 3.63) is 20.8 Å². The van der Waals surface area contributed by atoms with Gasteiger partial charge in [-0.25, -0.2) is 14.7 Å². The molecule has 1 rings (SSSR count). The van der Waals surface area contributed by atoms with E-state index in [-0.39, 0.29) is 18.8 Å². The van der Waals surface area contributed by atoms with Crippen LogP contribution in [0, 0.1) is 0 Å². The monoisotopic (exact) mass is 244 g/mol. The molecule has 0 fully saturated rings. The number of H-pyrrole nitrogens is 2. The fourth-order valence-corrected chi connectivity index (χ4v) is 1.10. The van der Waals surface area contributed by atoms with Crippen molar-refractivity contribution >= 4 is 11.8 Å². The van der Waals surface area contributed by atoms with Crippen molar-refractivity contribution in [3.63, 3.8) is 0 Å². The fourth-order valence-electron chi connectivity index (χ4n) is 1.10. The van der Waals surface area contributed by atoms with Crippen LogP contribution < -0.4 is 16.6 Å². The molecule has 1 aromatic heterocycles. The Balaban J connectivity index is 2.82. The first kappa shape index (κ1) is 12.9. The molecule has 0 aliphatic heterocycles. The van der Waals surface area contributed by atoms with Gasteiger partial charge < -0.3 is 15.2 Å². The second-order valence-electron chi connectivity index (χ2n) is 3.17. The summed E-state index contributed by atoms with van der Waals surface area (Å²) in [6.45, 7) is 0.214. The molecular formula is C8H12N4O5. The van der Waals surface area contributed by atoms with Crippen molar-refractivity contribution in [1.29, 1.82) is 0 Å². The fraction of sp³-hybridized carbons (Fsp3) is 0.500. The Hall–Kier alpha value is -2.16. The lowest BCUT2D eigenvalue weighted by Gasteiger charge is -2.13. The number of carboxylic acid groups (broad SMARTS) is 1. The smallest absolute Gasteiger partial charge is 0.342 e. The molecule has 1 heterocycles. The Kier molecular flexibility index (Phi) is 4.40. The molecule has 0 aliphatic rings. The first-order chi connectivity index (χ1) is 8.04. The van der Waals surface area contributed by atoms with E-state index in [2.05, 4.69) is 10.4 Å². The molecule has 1 unspecified atom stereocenters. The van der Waals surface area contributed by atoms with Crippen molar-refractivity contribution in [1.82, 2.24) is 15.2 Å². The number of nitrogens with zero attached hydrogens (tertiary/aromatic N) is 1. The van der Waals surface area contributed by atoms with Crippen LogP contribution in [0.3, 0.4) is 0 Å². The summed E-state index contributed by atoms with van der Waals surface area (Å²) in [6.07, 6.45) is 0.159. The Morgan fingerprint density at radius 3 is 2.82 bits per heavy atom. The number of aromatic nitrogens is 3. The van der Waals surface area contributed by atoms with Gasteiger partial charge in [0.15, 0.2) is 0 Å². The molecule has 17 heavy (non-hydrogen) atoms. The summed E-state index contributed by atoms with van der Waals surface area (Å²) in [5.41, 5.74) is -1.54. The first-order valence-corrected chi connectivity index (χ1v) is 4.72. The number of hydrogen-bond donors (Lipinski definition) is 4. The van der Waals surface area contributed by atoms with Gasteiger partial charge in [-0.15, -0.1) is 5.10 Å². The molecule has 1 aromatic rings. The predicted molar refractivity (Wildman–Crippen MR) is 57.0 cm³/mol. The third kappa shape index (κ3) is 3.72. The van der Waals surface area contributed by atoms with E-state index in [4.69, 9.17) is 9.84 Å². The number of anilines is 1. The summed E-state index contributed by atoms with van der Waals surface area (Å²) < 4.78 is 4.74. The van der Waals surface area contributed by atoms with Crippen LogP contribution >= 0.6 is 0 Å². The molecule has 0 aromatic carbocycles. The van der Waals surface area contributed by atoms with Gasteiger partial charge in [0.25, 0.3) is 5.56 Å². The Morgan fingerprint density at radius 1 is 1.59 bits per heavy atom. The summed E-state index contributed by atoms with van der Waals surface area (Å²) in [5, 5.41) is 16.7. The molecule has 0 amide bonds. The van der Waals surface area contributed by atoms with Gasteiger partial charge in [0, 0.05) is 20.1 Å². The van der Waals surface area contributed by atoms with Gasteiger partial charge in [-0.05, 0) is 0 Å². The van der Waals surface area contributed by atoms with Gasteiger partial charge in [0.2, 0.25) is 5.82 Å². The number of carbonyl (C=O) groups is 1. The number of nitrogens with one attached hydrogen (secondary N) is 3. The third-order valence-electron chi connectivity index (χ3n) is 1.93. The third-order valence-corrected chi connectivity index (χ3v) is 1.93.